The first-order valence-corrected chi connectivity index (χ1v) is 5.49. The molecule has 1 aromatic carbocycles. The van der Waals surface area contributed by atoms with Crippen LogP contribution in [0.1, 0.15) is 10.4 Å². The topological polar surface area (TPSA) is 44.8 Å². The molecule has 0 aromatic heterocycles. The van der Waals surface area contributed by atoms with Crippen LogP contribution in [0.5, 0.6) is 11.5 Å². The van der Waals surface area contributed by atoms with Crippen LogP contribution in [-0.4, -0.2) is 27.3 Å². The molecule has 0 heterocycles. The predicted octanol–water partition coefficient (Wildman–Crippen LogP) is 2.31. The van der Waals surface area contributed by atoms with E-state index in [2.05, 4.69) is 20.7 Å². The zero-order chi connectivity index (χ0) is 12.1. The van der Waals surface area contributed by atoms with Crippen LogP contribution < -0.4 is 9.47 Å². The van der Waals surface area contributed by atoms with Crippen molar-refractivity contribution in [2.45, 2.75) is 4.83 Å². The van der Waals surface area contributed by atoms with Gasteiger partial charge in [0, 0.05) is 11.6 Å². The molecule has 0 saturated heterocycles. The largest absolute Gasteiger partial charge is 0.497 e. The SMILES string of the molecule is COC(=O)C(Br)c1ccc(OC)cc1OC. The van der Waals surface area contributed by atoms with E-state index in [4.69, 9.17) is 9.47 Å². The van der Waals surface area contributed by atoms with Gasteiger partial charge in [-0.15, -0.1) is 0 Å². The molecule has 1 aromatic rings. The Morgan fingerprint density at radius 2 is 1.94 bits per heavy atom. The van der Waals surface area contributed by atoms with Crippen molar-refractivity contribution in [2.24, 2.45) is 0 Å². The van der Waals surface area contributed by atoms with Gasteiger partial charge in [0.2, 0.25) is 0 Å². The molecule has 1 rings (SSSR count). The molecule has 0 saturated carbocycles. The quantitative estimate of drug-likeness (QED) is 0.630. The summed E-state index contributed by atoms with van der Waals surface area (Å²) < 4.78 is 14.9. The van der Waals surface area contributed by atoms with Gasteiger partial charge in [0.05, 0.1) is 21.3 Å². The fourth-order valence-electron chi connectivity index (χ4n) is 1.26. The molecule has 0 N–H and O–H groups in total. The summed E-state index contributed by atoms with van der Waals surface area (Å²) in [5.41, 5.74) is 0.704. The summed E-state index contributed by atoms with van der Waals surface area (Å²) >= 11 is 3.25. The third kappa shape index (κ3) is 2.66. The molecule has 0 amide bonds. The number of ether oxygens (including phenoxy) is 3. The first-order valence-electron chi connectivity index (χ1n) is 4.57. The number of esters is 1. The molecule has 0 aliphatic rings. The molecule has 0 aliphatic heterocycles. The average molecular weight is 289 g/mol. The Balaban J connectivity index is 3.08. The van der Waals surface area contributed by atoms with Crippen LogP contribution in [0.25, 0.3) is 0 Å². The van der Waals surface area contributed by atoms with Gasteiger partial charge >= 0.3 is 5.97 Å². The van der Waals surface area contributed by atoms with E-state index in [1.54, 1.807) is 25.3 Å². The van der Waals surface area contributed by atoms with Crippen LogP contribution in [0.2, 0.25) is 0 Å². The first kappa shape index (κ1) is 12.8. The number of carbonyl (C=O) groups excluding carboxylic acids is 1. The van der Waals surface area contributed by atoms with Crippen molar-refractivity contribution in [3.63, 3.8) is 0 Å². The summed E-state index contributed by atoms with van der Waals surface area (Å²) in [6, 6.07) is 5.23. The molecule has 0 fully saturated rings. The Morgan fingerprint density at radius 3 is 2.44 bits per heavy atom. The normalized spacial score (nSPS) is 11.8. The van der Waals surface area contributed by atoms with Crippen molar-refractivity contribution in [3.05, 3.63) is 23.8 Å². The molecular formula is C11H13BrO4. The number of rotatable bonds is 4. The standard InChI is InChI=1S/C11H13BrO4/c1-14-7-4-5-8(9(6-7)15-2)10(12)11(13)16-3/h4-6,10H,1-3H3. The molecule has 4 nitrogen and oxygen atoms in total. The van der Waals surface area contributed by atoms with Gasteiger partial charge < -0.3 is 14.2 Å². The summed E-state index contributed by atoms with van der Waals surface area (Å²) in [5.74, 6) is 0.875. The first-order chi connectivity index (χ1) is 7.63. The molecule has 0 radical (unpaired) electrons. The van der Waals surface area contributed by atoms with E-state index in [0.29, 0.717) is 17.1 Å². The van der Waals surface area contributed by atoms with Crippen molar-refractivity contribution in [1.29, 1.82) is 0 Å². The maximum absolute atomic E-state index is 11.4. The smallest absolute Gasteiger partial charge is 0.324 e. The molecular weight excluding hydrogens is 276 g/mol. The van der Waals surface area contributed by atoms with Gasteiger partial charge in [-0.05, 0) is 12.1 Å². The molecule has 1 unspecified atom stereocenters. The predicted molar refractivity (Wildman–Crippen MR) is 63.2 cm³/mol. The maximum atomic E-state index is 11.4. The summed E-state index contributed by atoms with van der Waals surface area (Å²) in [5, 5.41) is 0. The van der Waals surface area contributed by atoms with E-state index in [-0.39, 0.29) is 5.97 Å². The summed E-state index contributed by atoms with van der Waals surface area (Å²) in [6.07, 6.45) is 0. The second kappa shape index (κ2) is 5.75. The van der Waals surface area contributed by atoms with Gasteiger partial charge in [0.1, 0.15) is 16.3 Å². The van der Waals surface area contributed by atoms with E-state index < -0.39 is 4.83 Å². The zero-order valence-electron chi connectivity index (χ0n) is 9.32. The minimum atomic E-state index is -0.543. The van der Waals surface area contributed by atoms with Crippen molar-refractivity contribution >= 4 is 21.9 Å². The molecule has 0 aliphatic carbocycles. The molecule has 16 heavy (non-hydrogen) atoms. The van der Waals surface area contributed by atoms with Crippen LogP contribution in [-0.2, 0) is 9.53 Å². The Kier molecular flexibility index (Phi) is 4.61. The molecule has 88 valence electrons. The van der Waals surface area contributed by atoms with Crippen molar-refractivity contribution in [1.82, 2.24) is 0 Å². The highest BCUT2D eigenvalue weighted by Gasteiger charge is 2.21. The second-order valence-corrected chi connectivity index (χ2v) is 3.91. The lowest BCUT2D eigenvalue weighted by atomic mass is 10.1. The lowest BCUT2D eigenvalue weighted by Gasteiger charge is -2.13. The van der Waals surface area contributed by atoms with Crippen LogP contribution in [0, 0.1) is 0 Å². The third-order valence-electron chi connectivity index (χ3n) is 2.12. The highest BCUT2D eigenvalue weighted by molar-refractivity contribution is 9.09. The van der Waals surface area contributed by atoms with Gasteiger partial charge in [-0.25, -0.2) is 0 Å². The minimum absolute atomic E-state index is 0.372. The van der Waals surface area contributed by atoms with Crippen molar-refractivity contribution < 1.29 is 19.0 Å². The van der Waals surface area contributed by atoms with Crippen LogP contribution >= 0.6 is 15.9 Å². The highest BCUT2D eigenvalue weighted by atomic mass is 79.9. The Morgan fingerprint density at radius 1 is 1.25 bits per heavy atom. The number of hydrogen-bond acceptors (Lipinski definition) is 4. The van der Waals surface area contributed by atoms with Crippen molar-refractivity contribution in [3.8, 4) is 11.5 Å². The van der Waals surface area contributed by atoms with Gasteiger partial charge in [0.25, 0.3) is 0 Å². The highest BCUT2D eigenvalue weighted by Crippen LogP contribution is 2.34. The number of benzene rings is 1. The fraction of sp³-hybridized carbons (Fsp3) is 0.364. The van der Waals surface area contributed by atoms with E-state index in [1.165, 1.54) is 14.2 Å². The van der Waals surface area contributed by atoms with E-state index in [9.17, 15) is 4.79 Å². The lowest BCUT2D eigenvalue weighted by Crippen LogP contribution is -2.09. The van der Waals surface area contributed by atoms with E-state index >= 15 is 0 Å². The Bertz CT molecular complexity index is 378. The van der Waals surface area contributed by atoms with Gasteiger partial charge in [-0.3, -0.25) is 4.79 Å². The summed E-state index contributed by atoms with van der Waals surface area (Å²) in [7, 11) is 4.45. The second-order valence-electron chi connectivity index (χ2n) is 2.99. The Hall–Kier alpha value is -1.23. The number of halogens is 1. The van der Waals surface area contributed by atoms with Gasteiger partial charge in [0.15, 0.2) is 0 Å². The summed E-state index contributed by atoms with van der Waals surface area (Å²) in [4.78, 5) is 10.8. The minimum Gasteiger partial charge on any atom is -0.497 e. The maximum Gasteiger partial charge on any atom is 0.324 e. The monoisotopic (exact) mass is 288 g/mol. The third-order valence-corrected chi connectivity index (χ3v) is 2.99. The lowest BCUT2D eigenvalue weighted by molar-refractivity contribution is -0.139. The Labute approximate surface area is 103 Å². The van der Waals surface area contributed by atoms with E-state index in [1.807, 2.05) is 0 Å². The zero-order valence-corrected chi connectivity index (χ0v) is 10.9. The number of carbonyl (C=O) groups is 1. The molecule has 5 heteroatoms. The molecule has 0 bridgehead atoms. The van der Waals surface area contributed by atoms with Gasteiger partial charge in [-0.2, -0.15) is 0 Å². The van der Waals surface area contributed by atoms with Crippen LogP contribution in [0.4, 0.5) is 0 Å². The van der Waals surface area contributed by atoms with Gasteiger partial charge in [-0.1, -0.05) is 15.9 Å². The number of alkyl halides is 1. The van der Waals surface area contributed by atoms with Crippen LogP contribution in [0.3, 0.4) is 0 Å². The average Bonchev–Trinajstić information content (AvgIpc) is 2.35. The number of methoxy groups -OCH3 is 3. The van der Waals surface area contributed by atoms with Crippen molar-refractivity contribution in [2.75, 3.05) is 21.3 Å². The summed E-state index contributed by atoms with van der Waals surface area (Å²) in [6.45, 7) is 0. The fourth-order valence-corrected chi connectivity index (χ4v) is 1.82. The van der Waals surface area contributed by atoms with E-state index in [0.717, 1.165) is 0 Å². The number of hydrogen-bond donors (Lipinski definition) is 0. The van der Waals surface area contributed by atoms with Crippen LogP contribution in [0.15, 0.2) is 18.2 Å². The molecule has 0 spiro atoms. The molecule has 1 atom stereocenters.